The van der Waals surface area contributed by atoms with E-state index >= 15 is 0 Å². The van der Waals surface area contributed by atoms with Crippen molar-refractivity contribution in [2.45, 2.75) is 56.5 Å². The zero-order valence-corrected chi connectivity index (χ0v) is 21.9. The molecule has 7 rings (SSSR count). The van der Waals surface area contributed by atoms with Crippen LogP contribution in [-0.4, -0.2) is 42.1 Å². The summed E-state index contributed by atoms with van der Waals surface area (Å²) in [6.45, 7) is 0.855. The van der Waals surface area contributed by atoms with E-state index in [2.05, 4.69) is 24.3 Å². The summed E-state index contributed by atoms with van der Waals surface area (Å²) in [5.74, 6) is 0.250. The van der Waals surface area contributed by atoms with E-state index in [1.807, 2.05) is 29.2 Å². The number of hydrogen-bond acceptors (Lipinski definition) is 4. The molecule has 3 fully saturated rings. The van der Waals surface area contributed by atoms with Crippen LogP contribution in [0.15, 0.2) is 66.7 Å². The third-order valence-corrected chi connectivity index (χ3v) is 9.03. The first kappa shape index (κ1) is 24.4. The second kappa shape index (κ2) is 9.82. The lowest BCUT2D eigenvalue weighted by Crippen LogP contribution is -2.48. The fourth-order valence-corrected chi connectivity index (χ4v) is 6.89. The molecule has 2 aliphatic heterocycles. The van der Waals surface area contributed by atoms with Gasteiger partial charge in [0.05, 0.1) is 12.2 Å². The molecule has 0 spiro atoms. The van der Waals surface area contributed by atoms with Crippen molar-refractivity contribution in [2.24, 2.45) is 11.8 Å². The van der Waals surface area contributed by atoms with E-state index in [0.717, 1.165) is 25.7 Å². The van der Waals surface area contributed by atoms with Gasteiger partial charge in [-0.15, -0.1) is 0 Å². The Balaban J connectivity index is 1.03. The molecule has 0 radical (unpaired) electrons. The standard InChI is InChI=1S/C33H32FNO4/c34-22-11-14-31(38-18-20-9-10-20)29(17-22)32(36)21-15-23-12-13-24(16-21)35(23)33(37)39-19-30-27-7-3-1-5-25(27)26-6-2-4-8-28(26)30/h1-8,11,14,17,20-21,23-24,30H,9-10,12-13,15-16,18-19H2. The molecule has 6 heteroatoms. The summed E-state index contributed by atoms with van der Waals surface area (Å²) >= 11 is 0. The number of fused-ring (bicyclic) bond motifs is 5. The SMILES string of the molecule is O=C(c1cc(F)ccc1OCC1CC1)C1CC2CCC(C1)N2C(=O)OCC1c2ccccc2-c2ccccc21. The largest absolute Gasteiger partial charge is 0.493 e. The first-order valence-electron chi connectivity index (χ1n) is 14.2. The molecule has 2 saturated heterocycles. The van der Waals surface area contributed by atoms with Gasteiger partial charge in [-0.05, 0) is 84.9 Å². The van der Waals surface area contributed by atoms with Crippen LogP contribution >= 0.6 is 0 Å². The molecule has 4 aliphatic rings. The Hall–Kier alpha value is -3.67. The maximum atomic E-state index is 14.1. The predicted octanol–water partition coefficient (Wildman–Crippen LogP) is 6.99. The number of hydrogen-bond donors (Lipinski definition) is 0. The molecular weight excluding hydrogens is 493 g/mol. The van der Waals surface area contributed by atoms with Crippen molar-refractivity contribution in [3.05, 3.63) is 89.2 Å². The number of rotatable bonds is 7. The van der Waals surface area contributed by atoms with Crippen molar-refractivity contribution >= 4 is 11.9 Å². The number of piperidine rings is 1. The van der Waals surface area contributed by atoms with Gasteiger partial charge in [-0.1, -0.05) is 48.5 Å². The highest BCUT2D eigenvalue weighted by molar-refractivity contribution is 6.00. The van der Waals surface area contributed by atoms with E-state index < -0.39 is 5.82 Å². The van der Waals surface area contributed by atoms with E-state index in [1.165, 1.54) is 34.4 Å². The number of halogens is 1. The van der Waals surface area contributed by atoms with E-state index in [-0.39, 0.29) is 42.4 Å². The fraction of sp³-hybridized carbons (Fsp3) is 0.394. The van der Waals surface area contributed by atoms with Crippen molar-refractivity contribution in [1.82, 2.24) is 4.90 Å². The number of Topliss-reactive ketones (excluding diaryl/α,β-unsaturated/α-hetero) is 1. The molecule has 1 amide bonds. The van der Waals surface area contributed by atoms with Crippen LogP contribution in [0.5, 0.6) is 5.75 Å². The molecule has 1 saturated carbocycles. The lowest BCUT2D eigenvalue weighted by molar-refractivity contribution is 0.0504. The second-order valence-corrected chi connectivity index (χ2v) is 11.5. The van der Waals surface area contributed by atoms with E-state index in [0.29, 0.717) is 36.7 Å². The quantitative estimate of drug-likeness (QED) is 0.312. The van der Waals surface area contributed by atoms with Gasteiger partial charge in [-0.2, -0.15) is 0 Å². The van der Waals surface area contributed by atoms with Crippen LogP contribution in [0.2, 0.25) is 0 Å². The molecule has 2 bridgehead atoms. The molecule has 2 aliphatic carbocycles. The van der Waals surface area contributed by atoms with Gasteiger partial charge in [0.15, 0.2) is 5.78 Å². The smallest absolute Gasteiger partial charge is 0.410 e. The van der Waals surface area contributed by atoms with Gasteiger partial charge >= 0.3 is 6.09 Å². The molecule has 5 nitrogen and oxygen atoms in total. The van der Waals surface area contributed by atoms with Crippen LogP contribution in [0.1, 0.15) is 65.9 Å². The minimum absolute atomic E-state index is 0.0140. The number of amides is 1. The highest BCUT2D eigenvalue weighted by atomic mass is 19.1. The number of carbonyl (C=O) groups is 2. The average Bonchev–Trinajstić information content (AvgIpc) is 3.68. The topological polar surface area (TPSA) is 55.8 Å². The first-order valence-corrected chi connectivity index (χ1v) is 14.2. The Labute approximate surface area is 227 Å². The summed E-state index contributed by atoms with van der Waals surface area (Å²) in [5.41, 5.74) is 5.11. The van der Waals surface area contributed by atoms with Crippen molar-refractivity contribution in [1.29, 1.82) is 0 Å². The highest BCUT2D eigenvalue weighted by Crippen LogP contribution is 2.45. The molecule has 2 atom stereocenters. The summed E-state index contributed by atoms with van der Waals surface area (Å²) in [4.78, 5) is 28.8. The van der Waals surface area contributed by atoms with E-state index in [1.54, 1.807) is 6.07 Å². The summed E-state index contributed by atoms with van der Waals surface area (Å²) in [5, 5.41) is 0. The summed E-state index contributed by atoms with van der Waals surface area (Å²) in [6.07, 6.45) is 4.83. The third kappa shape index (κ3) is 4.50. The molecule has 200 valence electrons. The Kier molecular flexibility index (Phi) is 6.14. The van der Waals surface area contributed by atoms with Gasteiger partial charge in [0.25, 0.3) is 0 Å². The molecule has 0 N–H and O–H groups in total. The molecule has 3 aromatic carbocycles. The Morgan fingerprint density at radius 3 is 2.10 bits per heavy atom. The summed E-state index contributed by atoms with van der Waals surface area (Å²) in [7, 11) is 0. The molecule has 2 heterocycles. The summed E-state index contributed by atoms with van der Waals surface area (Å²) < 4.78 is 26.0. The van der Waals surface area contributed by atoms with Crippen molar-refractivity contribution in [3.8, 4) is 16.9 Å². The van der Waals surface area contributed by atoms with Crippen LogP contribution in [0.4, 0.5) is 9.18 Å². The number of ketones is 1. The molecular formula is C33H32FNO4. The van der Waals surface area contributed by atoms with Crippen LogP contribution in [0, 0.1) is 17.7 Å². The Morgan fingerprint density at radius 2 is 1.46 bits per heavy atom. The zero-order chi connectivity index (χ0) is 26.5. The van der Waals surface area contributed by atoms with Gasteiger partial charge in [0.1, 0.15) is 18.2 Å². The zero-order valence-electron chi connectivity index (χ0n) is 21.9. The van der Waals surface area contributed by atoms with E-state index in [4.69, 9.17) is 9.47 Å². The number of carbonyl (C=O) groups excluding carboxylic acids is 2. The van der Waals surface area contributed by atoms with Crippen LogP contribution < -0.4 is 4.74 Å². The molecule has 39 heavy (non-hydrogen) atoms. The lowest BCUT2D eigenvalue weighted by atomic mass is 9.84. The predicted molar refractivity (Wildman–Crippen MR) is 145 cm³/mol. The van der Waals surface area contributed by atoms with Crippen molar-refractivity contribution in [2.75, 3.05) is 13.2 Å². The first-order chi connectivity index (χ1) is 19.1. The number of benzene rings is 3. The normalized spacial score (nSPS) is 23.3. The van der Waals surface area contributed by atoms with Crippen LogP contribution in [0.3, 0.4) is 0 Å². The van der Waals surface area contributed by atoms with Gasteiger partial charge in [0.2, 0.25) is 0 Å². The second-order valence-electron chi connectivity index (χ2n) is 11.5. The van der Waals surface area contributed by atoms with Gasteiger partial charge in [-0.3, -0.25) is 4.79 Å². The average molecular weight is 526 g/mol. The maximum Gasteiger partial charge on any atom is 0.410 e. The molecule has 2 unspecified atom stereocenters. The van der Waals surface area contributed by atoms with E-state index in [9.17, 15) is 14.0 Å². The van der Waals surface area contributed by atoms with Crippen LogP contribution in [0.25, 0.3) is 11.1 Å². The number of ether oxygens (including phenoxy) is 2. The fourth-order valence-electron chi connectivity index (χ4n) is 6.89. The van der Waals surface area contributed by atoms with Crippen molar-refractivity contribution in [3.63, 3.8) is 0 Å². The van der Waals surface area contributed by atoms with Gasteiger partial charge in [-0.25, -0.2) is 9.18 Å². The monoisotopic (exact) mass is 525 g/mol. The van der Waals surface area contributed by atoms with Gasteiger partial charge in [0, 0.05) is 23.9 Å². The third-order valence-electron chi connectivity index (χ3n) is 9.03. The maximum absolute atomic E-state index is 14.1. The number of nitrogens with zero attached hydrogens (tertiary/aromatic N) is 1. The minimum atomic E-state index is -0.434. The van der Waals surface area contributed by atoms with Gasteiger partial charge < -0.3 is 14.4 Å². The Bertz CT molecular complexity index is 1370. The van der Waals surface area contributed by atoms with Crippen molar-refractivity contribution < 1.29 is 23.5 Å². The van der Waals surface area contributed by atoms with Crippen LogP contribution in [-0.2, 0) is 4.74 Å². The Morgan fingerprint density at radius 1 is 0.821 bits per heavy atom. The lowest BCUT2D eigenvalue weighted by Gasteiger charge is -2.38. The highest BCUT2D eigenvalue weighted by Gasteiger charge is 2.46. The molecule has 0 aromatic heterocycles. The minimum Gasteiger partial charge on any atom is -0.493 e. The summed E-state index contributed by atoms with van der Waals surface area (Å²) in [6, 6.07) is 20.8. The molecule has 3 aromatic rings.